The molecule has 3 nitrogen and oxygen atoms in total. The van der Waals surface area contributed by atoms with Crippen molar-refractivity contribution in [2.75, 3.05) is 5.32 Å². The van der Waals surface area contributed by atoms with Crippen LogP contribution < -0.4 is 5.32 Å². The molecule has 0 aliphatic rings. The summed E-state index contributed by atoms with van der Waals surface area (Å²) in [6.45, 7) is 2.16. The summed E-state index contributed by atoms with van der Waals surface area (Å²) in [6, 6.07) is 29.7. The predicted molar refractivity (Wildman–Crippen MR) is 127 cm³/mol. The van der Waals surface area contributed by atoms with Crippen LogP contribution in [0.4, 0.5) is 5.82 Å². The third-order valence-corrected chi connectivity index (χ3v) is 6.21. The van der Waals surface area contributed by atoms with Crippen LogP contribution in [0.25, 0.3) is 32.5 Å². The minimum atomic E-state index is 0.150. The quantitative estimate of drug-likeness (QED) is 0.335. The van der Waals surface area contributed by atoms with Gasteiger partial charge in [-0.05, 0) is 29.2 Å². The third kappa shape index (κ3) is 3.58. The second-order valence-corrected chi connectivity index (χ2v) is 8.13. The van der Waals surface area contributed by atoms with Gasteiger partial charge >= 0.3 is 0 Å². The summed E-state index contributed by atoms with van der Waals surface area (Å²) in [4.78, 5) is 10.1. The zero-order valence-electron chi connectivity index (χ0n) is 16.6. The van der Waals surface area contributed by atoms with E-state index in [4.69, 9.17) is 0 Å². The molecule has 0 saturated heterocycles. The average molecular weight is 408 g/mol. The van der Waals surface area contributed by atoms with E-state index in [0.717, 1.165) is 21.6 Å². The van der Waals surface area contributed by atoms with E-state index in [0.29, 0.717) is 0 Å². The van der Waals surface area contributed by atoms with E-state index in [2.05, 4.69) is 100 Å². The number of hydrogen-bond acceptors (Lipinski definition) is 4. The number of aromatic nitrogens is 2. The standard InChI is InChI=1S/C26H21N3S/c1-18(19-8-4-2-5-9-19)29-25-24-23(16-30-26(24)28-17-27-25)22-14-12-21(13-15-22)20-10-6-3-7-11-20/h2-18H,1H3,(H,27,28,29). The average Bonchev–Trinajstić information content (AvgIpc) is 3.26. The Morgan fingerprint density at radius 1 is 0.733 bits per heavy atom. The Morgan fingerprint density at radius 2 is 1.37 bits per heavy atom. The van der Waals surface area contributed by atoms with Gasteiger partial charge in [0.25, 0.3) is 0 Å². The van der Waals surface area contributed by atoms with Crippen molar-refractivity contribution in [2.24, 2.45) is 0 Å². The Bertz CT molecular complexity index is 1260. The van der Waals surface area contributed by atoms with E-state index in [-0.39, 0.29) is 6.04 Å². The lowest BCUT2D eigenvalue weighted by Gasteiger charge is -2.16. The normalized spacial score (nSPS) is 12.0. The minimum Gasteiger partial charge on any atom is -0.363 e. The van der Waals surface area contributed by atoms with Gasteiger partial charge in [-0.25, -0.2) is 9.97 Å². The molecule has 4 heteroatoms. The zero-order valence-corrected chi connectivity index (χ0v) is 17.4. The molecule has 146 valence electrons. The highest BCUT2D eigenvalue weighted by Gasteiger charge is 2.15. The van der Waals surface area contributed by atoms with E-state index >= 15 is 0 Å². The number of fused-ring (bicyclic) bond motifs is 1. The van der Waals surface area contributed by atoms with Crippen LogP contribution in [0.3, 0.4) is 0 Å². The molecule has 0 fully saturated rings. The molecule has 1 atom stereocenters. The van der Waals surface area contributed by atoms with E-state index in [9.17, 15) is 0 Å². The van der Waals surface area contributed by atoms with Crippen LogP contribution in [0, 0.1) is 0 Å². The molecule has 0 bridgehead atoms. The Morgan fingerprint density at radius 3 is 2.10 bits per heavy atom. The predicted octanol–water partition coefficient (Wildman–Crippen LogP) is 7.20. The molecule has 0 aliphatic carbocycles. The lowest BCUT2D eigenvalue weighted by Crippen LogP contribution is -2.08. The summed E-state index contributed by atoms with van der Waals surface area (Å²) in [6.07, 6.45) is 1.64. The maximum Gasteiger partial charge on any atom is 0.139 e. The molecule has 0 spiro atoms. The number of anilines is 1. The van der Waals surface area contributed by atoms with E-state index < -0.39 is 0 Å². The first kappa shape index (κ1) is 18.5. The van der Waals surface area contributed by atoms with E-state index in [1.165, 1.54) is 22.3 Å². The van der Waals surface area contributed by atoms with Crippen LogP contribution in [0.2, 0.25) is 0 Å². The number of nitrogens with zero attached hydrogens (tertiary/aromatic N) is 2. The highest BCUT2D eigenvalue weighted by Crippen LogP contribution is 2.38. The van der Waals surface area contributed by atoms with Crippen LogP contribution in [0.5, 0.6) is 0 Å². The van der Waals surface area contributed by atoms with Gasteiger partial charge in [0.15, 0.2) is 0 Å². The summed E-state index contributed by atoms with van der Waals surface area (Å²) in [5.41, 5.74) is 6.00. The van der Waals surface area contributed by atoms with Gasteiger partial charge in [0, 0.05) is 17.0 Å². The molecular weight excluding hydrogens is 386 g/mol. The van der Waals surface area contributed by atoms with Gasteiger partial charge in [0.1, 0.15) is 17.0 Å². The molecule has 0 saturated carbocycles. The van der Waals surface area contributed by atoms with Crippen LogP contribution >= 0.6 is 11.3 Å². The second kappa shape index (κ2) is 8.09. The molecule has 30 heavy (non-hydrogen) atoms. The van der Waals surface area contributed by atoms with Crippen molar-refractivity contribution in [1.82, 2.24) is 9.97 Å². The number of thiophene rings is 1. The maximum atomic E-state index is 4.58. The molecule has 5 aromatic rings. The van der Waals surface area contributed by atoms with Crippen molar-refractivity contribution in [1.29, 1.82) is 0 Å². The lowest BCUT2D eigenvalue weighted by molar-refractivity contribution is 0.876. The topological polar surface area (TPSA) is 37.8 Å². The molecule has 3 aromatic carbocycles. The summed E-state index contributed by atoms with van der Waals surface area (Å²) in [7, 11) is 0. The number of nitrogens with one attached hydrogen (secondary N) is 1. The Balaban J connectivity index is 1.51. The van der Waals surface area contributed by atoms with Gasteiger partial charge in [-0.15, -0.1) is 11.3 Å². The van der Waals surface area contributed by atoms with Crippen LogP contribution in [-0.4, -0.2) is 9.97 Å². The summed E-state index contributed by atoms with van der Waals surface area (Å²) in [5.74, 6) is 0.875. The fraction of sp³-hybridized carbons (Fsp3) is 0.0769. The monoisotopic (exact) mass is 407 g/mol. The smallest absolute Gasteiger partial charge is 0.139 e. The molecule has 0 amide bonds. The van der Waals surface area contributed by atoms with Gasteiger partial charge in [-0.3, -0.25) is 0 Å². The first-order valence-corrected chi connectivity index (χ1v) is 10.9. The molecule has 0 aliphatic heterocycles. The van der Waals surface area contributed by atoms with Crippen molar-refractivity contribution in [3.8, 4) is 22.3 Å². The summed E-state index contributed by atoms with van der Waals surface area (Å²) in [5, 5.41) is 6.85. The fourth-order valence-electron chi connectivity index (χ4n) is 3.70. The highest BCUT2D eigenvalue weighted by atomic mass is 32.1. The largest absolute Gasteiger partial charge is 0.363 e. The Labute approximate surface area is 180 Å². The van der Waals surface area contributed by atoms with Crippen molar-refractivity contribution in [3.05, 3.63) is 102 Å². The van der Waals surface area contributed by atoms with Crippen molar-refractivity contribution in [3.63, 3.8) is 0 Å². The van der Waals surface area contributed by atoms with Crippen molar-refractivity contribution >= 4 is 27.4 Å². The Hall–Kier alpha value is -3.50. The SMILES string of the molecule is CC(Nc1ncnc2scc(-c3ccc(-c4ccccc4)cc3)c12)c1ccccc1. The first-order chi connectivity index (χ1) is 14.8. The third-order valence-electron chi connectivity index (χ3n) is 5.33. The molecule has 2 heterocycles. The van der Waals surface area contributed by atoms with Gasteiger partial charge in [0.05, 0.1) is 5.39 Å². The van der Waals surface area contributed by atoms with Gasteiger partial charge in [-0.1, -0.05) is 84.9 Å². The van der Waals surface area contributed by atoms with Crippen LogP contribution in [0.15, 0.2) is 96.6 Å². The number of hydrogen-bond donors (Lipinski definition) is 1. The Kier molecular flexibility index (Phi) is 4.99. The molecular formula is C26H21N3S. The molecule has 0 radical (unpaired) electrons. The van der Waals surface area contributed by atoms with E-state index in [1.807, 2.05) is 12.1 Å². The fourth-order valence-corrected chi connectivity index (χ4v) is 4.62. The summed E-state index contributed by atoms with van der Waals surface area (Å²) >= 11 is 1.66. The molecule has 1 unspecified atom stereocenters. The van der Waals surface area contributed by atoms with Crippen LogP contribution in [-0.2, 0) is 0 Å². The molecule has 1 N–H and O–H groups in total. The second-order valence-electron chi connectivity index (χ2n) is 7.27. The van der Waals surface area contributed by atoms with Gasteiger partial charge in [-0.2, -0.15) is 0 Å². The number of benzene rings is 3. The molecule has 2 aromatic heterocycles. The maximum absolute atomic E-state index is 4.58. The van der Waals surface area contributed by atoms with Crippen molar-refractivity contribution < 1.29 is 0 Å². The number of rotatable bonds is 5. The zero-order chi connectivity index (χ0) is 20.3. The first-order valence-electron chi connectivity index (χ1n) is 9.99. The summed E-state index contributed by atoms with van der Waals surface area (Å²) < 4.78 is 0. The van der Waals surface area contributed by atoms with Gasteiger partial charge < -0.3 is 5.32 Å². The molecule has 5 rings (SSSR count). The highest BCUT2D eigenvalue weighted by molar-refractivity contribution is 7.17. The lowest BCUT2D eigenvalue weighted by atomic mass is 10.0. The van der Waals surface area contributed by atoms with Crippen molar-refractivity contribution in [2.45, 2.75) is 13.0 Å². The minimum absolute atomic E-state index is 0.150. The van der Waals surface area contributed by atoms with Gasteiger partial charge in [0.2, 0.25) is 0 Å². The van der Waals surface area contributed by atoms with Crippen LogP contribution in [0.1, 0.15) is 18.5 Å². The van der Waals surface area contributed by atoms with E-state index in [1.54, 1.807) is 17.7 Å².